The van der Waals surface area contributed by atoms with Crippen LogP contribution in [0.2, 0.25) is 5.02 Å². The van der Waals surface area contributed by atoms with Crippen molar-refractivity contribution in [2.75, 3.05) is 32.6 Å². The number of carbonyl (C=O) groups is 1. The second-order valence-corrected chi connectivity index (χ2v) is 7.53. The van der Waals surface area contributed by atoms with Gasteiger partial charge in [0.05, 0.1) is 18.8 Å². The second kappa shape index (κ2) is 10.2. The summed E-state index contributed by atoms with van der Waals surface area (Å²) in [7, 11) is 3.99. The van der Waals surface area contributed by atoms with Crippen LogP contribution in [0.4, 0.5) is 10.1 Å². The zero-order valence-electron chi connectivity index (χ0n) is 16.9. The van der Waals surface area contributed by atoms with E-state index in [0.717, 1.165) is 24.6 Å². The van der Waals surface area contributed by atoms with Gasteiger partial charge in [-0.25, -0.2) is 4.39 Å². The van der Waals surface area contributed by atoms with Crippen molar-refractivity contribution in [3.05, 3.63) is 76.7 Å². The number of nitrogens with one attached hydrogen (secondary N) is 1. The Kier molecular flexibility index (Phi) is 7.43. The molecule has 0 spiro atoms. The Morgan fingerprint density at radius 2 is 1.97 bits per heavy atom. The molecule has 30 heavy (non-hydrogen) atoms. The van der Waals surface area contributed by atoms with Crippen LogP contribution in [0.25, 0.3) is 0 Å². The number of nitrogens with zero attached hydrogens (tertiary/aromatic N) is 3. The molecule has 1 N–H and O–H groups in total. The number of hydrogen-bond acceptors (Lipinski definition) is 4. The lowest BCUT2D eigenvalue weighted by Crippen LogP contribution is -2.19. The van der Waals surface area contributed by atoms with Crippen molar-refractivity contribution in [1.82, 2.24) is 14.7 Å². The number of aromatic nitrogens is 2. The van der Waals surface area contributed by atoms with Crippen LogP contribution in [-0.4, -0.2) is 47.8 Å². The molecule has 1 aromatic heterocycles. The summed E-state index contributed by atoms with van der Waals surface area (Å²) in [5.74, 6) is -0.737. The van der Waals surface area contributed by atoms with Crippen molar-refractivity contribution < 1.29 is 13.9 Å². The second-order valence-electron chi connectivity index (χ2n) is 7.09. The first-order chi connectivity index (χ1) is 14.4. The van der Waals surface area contributed by atoms with Crippen molar-refractivity contribution in [2.45, 2.75) is 13.0 Å². The Hall–Kier alpha value is -2.90. The summed E-state index contributed by atoms with van der Waals surface area (Å²) in [6.07, 6.45) is 0.829. The van der Waals surface area contributed by atoms with Crippen LogP contribution in [0.3, 0.4) is 0 Å². The quantitative estimate of drug-likeness (QED) is 0.514. The van der Waals surface area contributed by atoms with Gasteiger partial charge in [-0.15, -0.1) is 5.10 Å². The molecule has 2 aromatic carbocycles. The zero-order valence-corrected chi connectivity index (χ0v) is 17.7. The molecule has 0 aliphatic rings. The molecule has 6 nitrogen and oxygen atoms in total. The lowest BCUT2D eigenvalue weighted by molar-refractivity contribution is 0.101. The smallest absolute Gasteiger partial charge is 0.274 e. The van der Waals surface area contributed by atoms with Crippen LogP contribution in [0.1, 0.15) is 22.5 Å². The first kappa shape index (κ1) is 21.8. The average molecular weight is 431 g/mol. The van der Waals surface area contributed by atoms with Gasteiger partial charge < -0.3 is 15.0 Å². The Labute approximate surface area is 180 Å². The minimum Gasteiger partial charge on any atom is -0.477 e. The maximum absolute atomic E-state index is 14.1. The van der Waals surface area contributed by atoms with Gasteiger partial charge in [-0.2, -0.15) is 0 Å². The van der Waals surface area contributed by atoms with E-state index < -0.39 is 11.7 Å². The largest absolute Gasteiger partial charge is 0.477 e. The van der Waals surface area contributed by atoms with Gasteiger partial charge in [0.15, 0.2) is 0 Å². The molecular weight excluding hydrogens is 407 g/mol. The molecular formula is C22H24ClFN4O2. The standard InChI is InChI=1S/C22H24ClFN4O2/c1-27(2)11-6-12-30-21-14-20(28(26-21)15-16-7-4-3-5-8-16)22(29)25-19-10-9-17(23)13-18(19)24/h3-5,7-10,13-14H,6,11-12,15H2,1-2H3,(H,25,29). The summed E-state index contributed by atoms with van der Waals surface area (Å²) in [5.41, 5.74) is 1.30. The van der Waals surface area contributed by atoms with Crippen molar-refractivity contribution in [1.29, 1.82) is 0 Å². The third-order valence-electron chi connectivity index (χ3n) is 4.34. The molecule has 3 rings (SSSR count). The van der Waals surface area contributed by atoms with Crippen molar-refractivity contribution in [2.24, 2.45) is 0 Å². The van der Waals surface area contributed by atoms with E-state index in [0.29, 0.717) is 19.0 Å². The van der Waals surface area contributed by atoms with E-state index in [1.807, 2.05) is 44.4 Å². The van der Waals surface area contributed by atoms with Gasteiger partial charge >= 0.3 is 0 Å². The van der Waals surface area contributed by atoms with Crippen LogP contribution in [0, 0.1) is 5.82 Å². The van der Waals surface area contributed by atoms with Gasteiger partial charge in [0.2, 0.25) is 5.88 Å². The normalized spacial score (nSPS) is 11.0. The fraction of sp³-hybridized carbons (Fsp3) is 0.273. The molecule has 158 valence electrons. The number of benzene rings is 2. The van der Waals surface area contributed by atoms with E-state index in [9.17, 15) is 9.18 Å². The molecule has 0 fully saturated rings. The number of ether oxygens (including phenoxy) is 1. The van der Waals surface area contributed by atoms with Crippen LogP contribution >= 0.6 is 11.6 Å². The number of hydrogen-bond donors (Lipinski definition) is 1. The number of rotatable bonds is 9. The lowest BCUT2D eigenvalue weighted by atomic mass is 10.2. The van der Waals surface area contributed by atoms with Gasteiger partial charge in [0, 0.05) is 17.6 Å². The van der Waals surface area contributed by atoms with Crippen LogP contribution in [-0.2, 0) is 6.54 Å². The summed E-state index contributed by atoms with van der Waals surface area (Å²) >= 11 is 5.78. The minimum absolute atomic E-state index is 0.0466. The first-order valence-corrected chi connectivity index (χ1v) is 9.96. The Bertz CT molecular complexity index is 992. The highest BCUT2D eigenvalue weighted by molar-refractivity contribution is 6.30. The molecule has 0 saturated carbocycles. The minimum atomic E-state index is -0.606. The molecule has 1 amide bonds. The van der Waals surface area contributed by atoms with Crippen LogP contribution in [0.5, 0.6) is 5.88 Å². The summed E-state index contributed by atoms with van der Waals surface area (Å²) in [6, 6.07) is 15.3. The van der Waals surface area contributed by atoms with Gasteiger partial charge in [-0.05, 0) is 44.3 Å². The highest BCUT2D eigenvalue weighted by Gasteiger charge is 2.18. The maximum atomic E-state index is 14.1. The van der Waals surface area contributed by atoms with E-state index >= 15 is 0 Å². The van der Waals surface area contributed by atoms with E-state index in [-0.39, 0.29) is 16.4 Å². The highest BCUT2D eigenvalue weighted by Crippen LogP contribution is 2.21. The van der Waals surface area contributed by atoms with Gasteiger partial charge in [0.1, 0.15) is 11.5 Å². The van der Waals surface area contributed by atoms with Crippen molar-refractivity contribution in [3.63, 3.8) is 0 Å². The monoisotopic (exact) mass is 430 g/mol. The van der Waals surface area contributed by atoms with Crippen molar-refractivity contribution in [3.8, 4) is 5.88 Å². The third-order valence-corrected chi connectivity index (χ3v) is 4.58. The summed E-state index contributed by atoms with van der Waals surface area (Å²) in [4.78, 5) is 14.9. The predicted molar refractivity (Wildman–Crippen MR) is 116 cm³/mol. The van der Waals surface area contributed by atoms with Crippen LogP contribution in [0.15, 0.2) is 54.6 Å². The third kappa shape index (κ3) is 6.05. The molecule has 8 heteroatoms. The van der Waals surface area contributed by atoms with E-state index in [1.54, 1.807) is 10.7 Å². The molecule has 0 aliphatic carbocycles. The summed E-state index contributed by atoms with van der Waals surface area (Å²) < 4.78 is 21.4. The molecule has 3 aromatic rings. The maximum Gasteiger partial charge on any atom is 0.274 e. The Morgan fingerprint density at radius 3 is 2.67 bits per heavy atom. The highest BCUT2D eigenvalue weighted by atomic mass is 35.5. The van der Waals surface area contributed by atoms with Gasteiger partial charge in [-0.1, -0.05) is 41.9 Å². The zero-order chi connectivity index (χ0) is 21.5. The van der Waals surface area contributed by atoms with Crippen molar-refractivity contribution >= 4 is 23.2 Å². The summed E-state index contributed by atoms with van der Waals surface area (Å²) in [5, 5.41) is 7.26. The lowest BCUT2D eigenvalue weighted by Gasteiger charge is -2.09. The van der Waals surface area contributed by atoms with Gasteiger partial charge in [-0.3, -0.25) is 9.48 Å². The van der Waals surface area contributed by atoms with Crippen LogP contribution < -0.4 is 10.1 Å². The molecule has 1 heterocycles. The number of carbonyl (C=O) groups excluding carboxylic acids is 1. The van der Waals surface area contributed by atoms with E-state index in [2.05, 4.69) is 15.3 Å². The molecule has 0 bridgehead atoms. The van der Waals surface area contributed by atoms with E-state index in [1.165, 1.54) is 12.1 Å². The number of halogens is 2. The Balaban J connectivity index is 1.79. The average Bonchev–Trinajstić information content (AvgIpc) is 3.11. The SMILES string of the molecule is CN(C)CCCOc1cc(C(=O)Nc2ccc(Cl)cc2F)n(Cc2ccccc2)n1. The number of anilines is 1. The molecule has 0 aliphatic heterocycles. The fourth-order valence-electron chi connectivity index (χ4n) is 2.86. The topological polar surface area (TPSA) is 59.4 Å². The molecule has 0 radical (unpaired) electrons. The number of amides is 1. The Morgan fingerprint density at radius 1 is 1.20 bits per heavy atom. The molecule has 0 unspecified atom stereocenters. The van der Waals surface area contributed by atoms with Gasteiger partial charge in [0.25, 0.3) is 5.91 Å². The summed E-state index contributed by atoms with van der Waals surface area (Å²) in [6.45, 7) is 1.75. The predicted octanol–water partition coefficient (Wildman–Crippen LogP) is 4.31. The molecule has 0 saturated heterocycles. The molecule has 0 atom stereocenters. The fourth-order valence-corrected chi connectivity index (χ4v) is 3.02. The first-order valence-electron chi connectivity index (χ1n) is 9.58. The van der Waals surface area contributed by atoms with E-state index in [4.69, 9.17) is 16.3 Å².